The van der Waals surface area contributed by atoms with Crippen LogP contribution in [0, 0.1) is 5.92 Å². The first-order valence-electron chi connectivity index (χ1n) is 8.79. The third-order valence-corrected chi connectivity index (χ3v) is 4.44. The van der Waals surface area contributed by atoms with E-state index < -0.39 is 0 Å². The van der Waals surface area contributed by atoms with Gasteiger partial charge < -0.3 is 24.8 Å². The summed E-state index contributed by atoms with van der Waals surface area (Å²) in [4.78, 5) is 16.5. The molecule has 0 aliphatic carbocycles. The summed E-state index contributed by atoms with van der Waals surface area (Å²) >= 11 is 0. The van der Waals surface area contributed by atoms with E-state index in [0.717, 1.165) is 35.7 Å². The minimum absolute atomic E-state index is 0.000987. The summed E-state index contributed by atoms with van der Waals surface area (Å²) in [6.45, 7) is 2.41. The molecular formula is C19H21N3O4. The average Bonchev–Trinajstić information content (AvgIpc) is 2.70. The quantitative estimate of drug-likeness (QED) is 0.878. The number of carbonyl (C=O) groups is 1. The molecule has 0 bridgehead atoms. The van der Waals surface area contributed by atoms with Crippen molar-refractivity contribution < 1.29 is 19.0 Å². The van der Waals surface area contributed by atoms with Gasteiger partial charge in [-0.05, 0) is 37.1 Å². The van der Waals surface area contributed by atoms with Crippen molar-refractivity contribution in [1.29, 1.82) is 0 Å². The number of amides is 1. The largest absolute Gasteiger partial charge is 0.486 e. The zero-order valence-corrected chi connectivity index (χ0v) is 14.4. The lowest BCUT2D eigenvalue weighted by molar-refractivity contribution is -0.122. The molecule has 3 heterocycles. The number of hydrogen-bond acceptors (Lipinski definition) is 6. The predicted molar refractivity (Wildman–Crippen MR) is 97.1 cm³/mol. The lowest BCUT2D eigenvalue weighted by atomic mass is 9.99. The molecule has 136 valence electrons. The van der Waals surface area contributed by atoms with Gasteiger partial charge in [0, 0.05) is 30.9 Å². The summed E-state index contributed by atoms with van der Waals surface area (Å²) < 4.78 is 16.4. The van der Waals surface area contributed by atoms with Crippen LogP contribution in [0.15, 0.2) is 36.5 Å². The molecule has 1 aromatic heterocycles. The number of benzene rings is 1. The molecule has 2 aromatic rings. The Morgan fingerprint density at radius 3 is 2.50 bits per heavy atom. The Kier molecular flexibility index (Phi) is 4.88. The van der Waals surface area contributed by atoms with Gasteiger partial charge in [0.25, 0.3) is 0 Å². The molecule has 2 N–H and O–H groups in total. The van der Waals surface area contributed by atoms with Crippen LogP contribution in [0.3, 0.4) is 0 Å². The molecule has 2 aliphatic rings. The second-order valence-electron chi connectivity index (χ2n) is 6.29. The van der Waals surface area contributed by atoms with E-state index in [2.05, 4.69) is 15.6 Å². The summed E-state index contributed by atoms with van der Waals surface area (Å²) in [5.41, 5.74) is 1.71. The molecule has 0 atom stereocenters. The summed E-state index contributed by atoms with van der Waals surface area (Å²) in [6, 6.07) is 9.37. The van der Waals surface area contributed by atoms with Gasteiger partial charge in [-0.2, -0.15) is 0 Å². The number of aromatic nitrogens is 1. The molecule has 0 saturated carbocycles. The fourth-order valence-electron chi connectivity index (χ4n) is 3.02. The molecule has 0 radical (unpaired) electrons. The van der Waals surface area contributed by atoms with Gasteiger partial charge in [-0.3, -0.25) is 4.79 Å². The van der Waals surface area contributed by atoms with Crippen molar-refractivity contribution in [3.63, 3.8) is 0 Å². The lowest BCUT2D eigenvalue weighted by Crippen LogP contribution is -2.28. The zero-order chi connectivity index (χ0) is 17.8. The predicted octanol–water partition coefficient (Wildman–Crippen LogP) is 2.96. The van der Waals surface area contributed by atoms with Gasteiger partial charge in [0.2, 0.25) is 5.91 Å². The van der Waals surface area contributed by atoms with Gasteiger partial charge in [-0.25, -0.2) is 4.98 Å². The van der Waals surface area contributed by atoms with E-state index in [-0.39, 0.29) is 11.8 Å². The minimum atomic E-state index is 0.000987. The van der Waals surface area contributed by atoms with Crippen molar-refractivity contribution >= 4 is 23.1 Å². The van der Waals surface area contributed by atoms with E-state index in [4.69, 9.17) is 14.2 Å². The summed E-state index contributed by atoms with van der Waals surface area (Å²) in [5, 5.41) is 6.14. The highest BCUT2D eigenvalue weighted by molar-refractivity contribution is 5.91. The maximum atomic E-state index is 12.2. The lowest BCUT2D eigenvalue weighted by Gasteiger charge is -2.21. The van der Waals surface area contributed by atoms with Crippen molar-refractivity contribution in [2.45, 2.75) is 12.8 Å². The Morgan fingerprint density at radius 2 is 1.73 bits per heavy atom. The smallest absolute Gasteiger partial charge is 0.228 e. The first-order chi connectivity index (χ1) is 12.8. The topological polar surface area (TPSA) is 81.7 Å². The van der Waals surface area contributed by atoms with Crippen molar-refractivity contribution in [3.05, 3.63) is 36.5 Å². The normalized spacial score (nSPS) is 16.8. The average molecular weight is 355 g/mol. The Labute approximate surface area is 151 Å². The molecule has 26 heavy (non-hydrogen) atoms. The molecule has 2 aliphatic heterocycles. The molecular weight excluding hydrogens is 334 g/mol. The first kappa shape index (κ1) is 16.7. The number of rotatable bonds is 4. The minimum Gasteiger partial charge on any atom is -0.486 e. The van der Waals surface area contributed by atoms with E-state index in [1.54, 1.807) is 12.3 Å². The van der Waals surface area contributed by atoms with Crippen LogP contribution < -0.4 is 20.1 Å². The van der Waals surface area contributed by atoms with Gasteiger partial charge in [-0.15, -0.1) is 0 Å². The molecule has 0 unspecified atom stereocenters. The van der Waals surface area contributed by atoms with Crippen LogP contribution in [-0.4, -0.2) is 37.3 Å². The Balaban J connectivity index is 1.37. The number of nitrogens with one attached hydrogen (secondary N) is 2. The van der Waals surface area contributed by atoms with E-state index >= 15 is 0 Å². The van der Waals surface area contributed by atoms with Gasteiger partial charge in [-0.1, -0.05) is 0 Å². The third kappa shape index (κ3) is 3.88. The Bertz CT molecular complexity index is 773. The number of fused-ring (bicyclic) bond motifs is 1. The van der Waals surface area contributed by atoms with Crippen LogP contribution in [0.1, 0.15) is 12.8 Å². The van der Waals surface area contributed by atoms with Crippen LogP contribution in [0.5, 0.6) is 11.5 Å². The zero-order valence-electron chi connectivity index (χ0n) is 14.4. The molecule has 1 amide bonds. The number of pyridine rings is 1. The fourth-order valence-corrected chi connectivity index (χ4v) is 3.02. The molecule has 4 rings (SSSR count). The van der Waals surface area contributed by atoms with Gasteiger partial charge in [0.05, 0.1) is 11.9 Å². The SMILES string of the molecule is O=C(Nc1ccc(Nc2ccc3c(c2)OCCO3)cn1)C1CCOCC1. The standard InChI is InChI=1S/C19H21N3O4/c23-19(13-5-7-24-8-6-13)22-18-4-2-15(12-20-18)21-14-1-3-16-17(11-14)26-10-9-25-16/h1-4,11-13,21H,5-10H2,(H,20,22,23). The van der Waals surface area contributed by atoms with Crippen LogP contribution in [-0.2, 0) is 9.53 Å². The number of ether oxygens (including phenoxy) is 3. The van der Waals surface area contributed by atoms with Crippen molar-refractivity contribution in [2.24, 2.45) is 5.92 Å². The highest BCUT2D eigenvalue weighted by atomic mass is 16.6. The molecule has 7 nitrogen and oxygen atoms in total. The van der Waals surface area contributed by atoms with Crippen molar-refractivity contribution in [3.8, 4) is 11.5 Å². The monoisotopic (exact) mass is 355 g/mol. The van der Waals surface area contributed by atoms with Crippen LogP contribution >= 0.6 is 0 Å². The number of hydrogen-bond donors (Lipinski definition) is 2. The van der Waals surface area contributed by atoms with E-state index in [1.807, 2.05) is 24.3 Å². The number of nitrogens with zero attached hydrogens (tertiary/aromatic N) is 1. The summed E-state index contributed by atoms with van der Waals surface area (Å²) in [7, 11) is 0. The second kappa shape index (κ2) is 7.61. The third-order valence-electron chi connectivity index (χ3n) is 4.44. The first-order valence-corrected chi connectivity index (χ1v) is 8.79. The summed E-state index contributed by atoms with van der Waals surface area (Å²) in [5.74, 6) is 2.05. The second-order valence-corrected chi connectivity index (χ2v) is 6.29. The number of anilines is 3. The van der Waals surface area contributed by atoms with Gasteiger partial charge in [0.1, 0.15) is 19.0 Å². The van der Waals surface area contributed by atoms with Gasteiger partial charge >= 0.3 is 0 Å². The van der Waals surface area contributed by atoms with E-state index in [9.17, 15) is 4.79 Å². The van der Waals surface area contributed by atoms with E-state index in [0.29, 0.717) is 32.2 Å². The maximum absolute atomic E-state index is 12.2. The molecule has 7 heteroatoms. The van der Waals surface area contributed by atoms with Crippen LogP contribution in [0.4, 0.5) is 17.2 Å². The molecule has 1 fully saturated rings. The fraction of sp³-hybridized carbons (Fsp3) is 0.368. The summed E-state index contributed by atoms with van der Waals surface area (Å²) in [6.07, 6.45) is 3.21. The van der Waals surface area contributed by atoms with Crippen molar-refractivity contribution in [1.82, 2.24) is 4.98 Å². The van der Waals surface area contributed by atoms with Crippen molar-refractivity contribution in [2.75, 3.05) is 37.1 Å². The highest BCUT2D eigenvalue weighted by Gasteiger charge is 2.21. The molecule has 1 saturated heterocycles. The molecule has 0 spiro atoms. The Hall–Kier alpha value is -2.80. The Morgan fingerprint density at radius 1 is 0.962 bits per heavy atom. The van der Waals surface area contributed by atoms with Crippen LogP contribution in [0.2, 0.25) is 0 Å². The van der Waals surface area contributed by atoms with Gasteiger partial charge in [0.15, 0.2) is 11.5 Å². The molecule has 1 aromatic carbocycles. The maximum Gasteiger partial charge on any atom is 0.228 e. The highest BCUT2D eigenvalue weighted by Crippen LogP contribution is 2.33. The van der Waals surface area contributed by atoms with E-state index in [1.165, 1.54) is 0 Å². The van der Waals surface area contributed by atoms with Crippen LogP contribution in [0.25, 0.3) is 0 Å². The number of carbonyl (C=O) groups excluding carboxylic acids is 1.